The van der Waals surface area contributed by atoms with Gasteiger partial charge in [-0.05, 0) is 24.6 Å². The van der Waals surface area contributed by atoms with Crippen LogP contribution in [0.1, 0.15) is 18.4 Å². The number of benzene rings is 1. The monoisotopic (exact) mass is 392 g/mol. The zero-order valence-electron chi connectivity index (χ0n) is 14.8. The summed E-state index contributed by atoms with van der Waals surface area (Å²) in [5.41, 5.74) is 1.56. The van der Waals surface area contributed by atoms with E-state index in [1.807, 2.05) is 29.1 Å². The summed E-state index contributed by atoms with van der Waals surface area (Å²) >= 11 is 0. The molecule has 0 spiro atoms. The summed E-state index contributed by atoms with van der Waals surface area (Å²) in [4.78, 5) is 10.2. The van der Waals surface area contributed by atoms with Crippen LogP contribution in [-0.2, 0) is 16.7 Å². The molecule has 0 saturated carbocycles. The predicted octanol–water partition coefficient (Wildman–Crippen LogP) is 1.68. The van der Waals surface area contributed by atoms with Crippen molar-refractivity contribution in [3.8, 4) is 0 Å². The highest BCUT2D eigenvalue weighted by Gasteiger charge is 2.06. The average molecular weight is 392 g/mol. The minimum absolute atomic E-state index is 0.0185. The van der Waals surface area contributed by atoms with Gasteiger partial charge in [-0.2, -0.15) is 5.10 Å². The van der Waals surface area contributed by atoms with Crippen molar-refractivity contribution in [3.05, 3.63) is 64.5 Å². The van der Waals surface area contributed by atoms with Gasteiger partial charge in [-0.1, -0.05) is 0 Å². The van der Waals surface area contributed by atoms with Crippen LogP contribution in [0.4, 0.5) is 11.4 Å². The van der Waals surface area contributed by atoms with Gasteiger partial charge in [0.25, 0.3) is 5.69 Å². The molecule has 10 heteroatoms. The first kappa shape index (κ1) is 20.5. The van der Waals surface area contributed by atoms with E-state index in [0.717, 1.165) is 5.56 Å². The number of anilines is 1. The van der Waals surface area contributed by atoms with Crippen molar-refractivity contribution in [3.63, 3.8) is 0 Å². The molecule has 0 amide bonds. The van der Waals surface area contributed by atoms with Gasteiger partial charge < -0.3 is 4.55 Å². The third-order valence-electron chi connectivity index (χ3n) is 3.76. The largest absolute Gasteiger partial charge is 0.748 e. The first-order valence-corrected chi connectivity index (χ1v) is 9.77. The van der Waals surface area contributed by atoms with Crippen molar-refractivity contribution >= 4 is 27.7 Å². The first-order chi connectivity index (χ1) is 12.7. The Balaban J connectivity index is 1.95. The summed E-state index contributed by atoms with van der Waals surface area (Å²) < 4.78 is 33.7. The third kappa shape index (κ3) is 7.12. The number of hydrogen-bond donors (Lipinski definition) is 0. The number of unbranched alkanes of at least 4 members (excludes halogenated alkanes) is 1. The molecule has 0 bridgehead atoms. The molecule has 0 saturated heterocycles. The molecule has 0 unspecified atom stereocenters. The maximum Gasteiger partial charge on any atom is 0.269 e. The number of non-ortho nitro benzene ring substituents is 1. The van der Waals surface area contributed by atoms with E-state index in [1.165, 1.54) is 12.1 Å². The van der Waals surface area contributed by atoms with Crippen LogP contribution in [0.25, 0.3) is 0 Å². The quantitative estimate of drug-likeness (QED) is 0.160. The van der Waals surface area contributed by atoms with Crippen molar-refractivity contribution in [1.29, 1.82) is 0 Å². The molecule has 0 N–H and O–H groups in total. The molecule has 2 aromatic rings. The molecule has 0 aliphatic heterocycles. The van der Waals surface area contributed by atoms with E-state index in [9.17, 15) is 23.1 Å². The van der Waals surface area contributed by atoms with Gasteiger partial charge in [-0.3, -0.25) is 15.1 Å². The fourth-order valence-electron chi connectivity index (χ4n) is 2.34. The van der Waals surface area contributed by atoms with Crippen LogP contribution in [0, 0.1) is 10.1 Å². The van der Waals surface area contributed by atoms with Crippen LogP contribution < -0.4 is 9.58 Å². The van der Waals surface area contributed by atoms with Gasteiger partial charge in [0.15, 0.2) is 12.4 Å². The van der Waals surface area contributed by atoms with Gasteiger partial charge in [0, 0.05) is 37.4 Å². The van der Waals surface area contributed by atoms with Crippen LogP contribution in [0.5, 0.6) is 0 Å². The third-order valence-corrected chi connectivity index (χ3v) is 4.54. The van der Waals surface area contributed by atoms with E-state index in [-0.39, 0.29) is 11.4 Å². The highest BCUT2D eigenvalue weighted by Crippen LogP contribution is 2.18. The molecule has 2 rings (SSSR count). The Labute approximate surface area is 157 Å². The van der Waals surface area contributed by atoms with Crippen LogP contribution in [0.3, 0.4) is 0 Å². The number of nitrogens with zero attached hydrogens (tertiary/aromatic N) is 4. The predicted molar refractivity (Wildman–Crippen MR) is 99.5 cm³/mol. The maximum atomic E-state index is 10.7. The molecule has 0 fully saturated rings. The zero-order chi connectivity index (χ0) is 19.9. The summed E-state index contributed by atoms with van der Waals surface area (Å²) in [5, 5.41) is 16.6. The molecule has 1 aromatic carbocycles. The molecule has 0 atom stereocenters. The Bertz CT molecular complexity index is 913. The van der Waals surface area contributed by atoms with Crippen LogP contribution >= 0.6 is 0 Å². The minimum atomic E-state index is -4.16. The van der Waals surface area contributed by atoms with E-state index in [2.05, 4.69) is 5.10 Å². The fraction of sp³-hybridized carbons (Fsp3) is 0.294. The van der Waals surface area contributed by atoms with Crippen LogP contribution in [-0.4, -0.2) is 36.9 Å². The molecule has 9 nitrogen and oxygen atoms in total. The smallest absolute Gasteiger partial charge is 0.269 e. The lowest BCUT2D eigenvalue weighted by Crippen LogP contribution is -2.33. The average Bonchev–Trinajstić information content (AvgIpc) is 2.63. The summed E-state index contributed by atoms with van der Waals surface area (Å²) in [5.74, 6) is -0.352. The molecule has 0 aliphatic rings. The van der Waals surface area contributed by atoms with Gasteiger partial charge in [0.2, 0.25) is 0 Å². The fourth-order valence-corrected chi connectivity index (χ4v) is 2.90. The number of nitro groups is 1. The highest BCUT2D eigenvalue weighted by atomic mass is 32.2. The molecule has 1 aromatic heterocycles. The van der Waals surface area contributed by atoms with Crippen molar-refractivity contribution < 1.29 is 22.5 Å². The van der Waals surface area contributed by atoms with E-state index in [0.29, 0.717) is 25.1 Å². The van der Waals surface area contributed by atoms with Crippen molar-refractivity contribution in [1.82, 2.24) is 0 Å². The zero-order valence-corrected chi connectivity index (χ0v) is 15.6. The molecule has 0 radical (unpaired) electrons. The second-order valence-electron chi connectivity index (χ2n) is 5.89. The van der Waals surface area contributed by atoms with Gasteiger partial charge in [0.1, 0.15) is 6.54 Å². The number of hydrazone groups is 1. The van der Waals surface area contributed by atoms with Crippen LogP contribution in [0.2, 0.25) is 0 Å². The Morgan fingerprint density at radius 1 is 1.22 bits per heavy atom. The van der Waals surface area contributed by atoms with Crippen molar-refractivity contribution in [2.45, 2.75) is 19.4 Å². The summed E-state index contributed by atoms with van der Waals surface area (Å²) in [6.07, 6.45) is 6.26. The summed E-state index contributed by atoms with van der Waals surface area (Å²) in [6.45, 7) is 0.593. The van der Waals surface area contributed by atoms with E-state index >= 15 is 0 Å². The lowest BCUT2D eigenvalue weighted by molar-refractivity contribution is -0.697. The number of nitro benzene ring substituents is 1. The Hall–Kier alpha value is -2.85. The Morgan fingerprint density at radius 2 is 1.93 bits per heavy atom. The minimum Gasteiger partial charge on any atom is -0.748 e. The molecule has 0 aliphatic carbocycles. The van der Waals surface area contributed by atoms with Crippen LogP contribution in [0.15, 0.2) is 53.9 Å². The highest BCUT2D eigenvalue weighted by molar-refractivity contribution is 7.85. The second-order valence-corrected chi connectivity index (χ2v) is 7.41. The number of aromatic nitrogens is 1. The lowest BCUT2D eigenvalue weighted by Gasteiger charge is -2.12. The number of aryl methyl sites for hydroxylation is 1. The molecular weight excluding hydrogens is 372 g/mol. The van der Waals surface area contributed by atoms with Crippen molar-refractivity contribution in [2.75, 3.05) is 17.8 Å². The SMILES string of the molecule is CN(N=Cc1ccc[n+](CCCCS(=O)(=O)[O-])c1)c1ccc([N+](=O)[O-])cc1. The first-order valence-electron chi connectivity index (χ1n) is 8.19. The number of pyridine rings is 1. The molecule has 1 heterocycles. The molecule has 27 heavy (non-hydrogen) atoms. The van der Waals surface area contributed by atoms with E-state index < -0.39 is 15.0 Å². The Kier molecular flexibility index (Phi) is 6.97. The van der Waals surface area contributed by atoms with Gasteiger partial charge in [-0.25, -0.2) is 13.0 Å². The number of rotatable bonds is 9. The van der Waals surface area contributed by atoms with Gasteiger partial charge >= 0.3 is 0 Å². The lowest BCUT2D eigenvalue weighted by atomic mass is 10.3. The normalized spacial score (nSPS) is 11.6. The second kappa shape index (κ2) is 9.19. The van der Waals surface area contributed by atoms with Crippen molar-refractivity contribution in [2.24, 2.45) is 5.10 Å². The van der Waals surface area contributed by atoms with E-state index in [4.69, 9.17) is 0 Å². The topological polar surface area (TPSA) is 120 Å². The standard InChI is InChI=1S/C17H20N4O5S/c1-19(16-6-8-17(9-7-16)21(22)23)18-13-15-5-4-11-20(14-15)10-2-3-12-27(24,25)26/h4-9,11,13-14H,2-3,10,12H2,1H3. The maximum absolute atomic E-state index is 10.7. The van der Waals surface area contributed by atoms with E-state index in [1.54, 1.807) is 30.4 Å². The Morgan fingerprint density at radius 3 is 2.56 bits per heavy atom. The summed E-state index contributed by atoms with van der Waals surface area (Å²) in [7, 11) is -2.43. The molecule has 144 valence electrons. The van der Waals surface area contributed by atoms with Gasteiger partial charge in [-0.15, -0.1) is 0 Å². The number of hydrogen-bond acceptors (Lipinski definition) is 7. The molecular formula is C17H20N4O5S. The van der Waals surface area contributed by atoms with Gasteiger partial charge in [0.05, 0.1) is 32.5 Å². The summed E-state index contributed by atoms with van der Waals surface area (Å²) in [6, 6.07) is 9.78.